The highest BCUT2D eigenvalue weighted by atomic mass is 15.2. The summed E-state index contributed by atoms with van der Waals surface area (Å²) >= 11 is 0. The Morgan fingerprint density at radius 2 is 1.85 bits per heavy atom. The Morgan fingerprint density at radius 3 is 2.67 bits per heavy atom. The Hall–Kier alpha value is -2.11. The van der Waals surface area contributed by atoms with Crippen LogP contribution in [0, 0.1) is 17.2 Å². The van der Waals surface area contributed by atoms with Crippen molar-refractivity contribution >= 4 is 0 Å². The van der Waals surface area contributed by atoms with E-state index in [9.17, 15) is 5.26 Å². The molecule has 0 aromatic heterocycles. The van der Waals surface area contributed by atoms with Crippen molar-refractivity contribution < 1.29 is 0 Å². The lowest BCUT2D eigenvalue weighted by Gasteiger charge is -2.37. The molecule has 2 aromatic carbocycles. The van der Waals surface area contributed by atoms with E-state index in [0.717, 1.165) is 11.5 Å². The second-order valence-electron chi connectivity index (χ2n) is 9.35. The number of likely N-dealkylation sites (tertiary alicyclic amines) is 1. The Morgan fingerprint density at radius 1 is 1.04 bits per heavy atom. The molecule has 3 unspecified atom stereocenters. The Labute approximate surface area is 161 Å². The minimum absolute atomic E-state index is 0.222. The van der Waals surface area contributed by atoms with E-state index in [0.29, 0.717) is 11.8 Å². The molecule has 0 N–H and O–H groups in total. The fourth-order valence-corrected chi connectivity index (χ4v) is 6.95. The Balaban J connectivity index is 1.47. The van der Waals surface area contributed by atoms with Crippen LogP contribution in [0.15, 0.2) is 42.5 Å². The van der Waals surface area contributed by atoms with Gasteiger partial charge in [-0.05, 0) is 59.6 Å². The number of rotatable bonds is 2. The first-order chi connectivity index (χ1) is 13.3. The third-order valence-corrected chi connectivity index (χ3v) is 8.01. The normalized spacial score (nSPS) is 31.4. The Bertz CT molecular complexity index is 949. The van der Waals surface area contributed by atoms with Crippen LogP contribution in [0.25, 0.3) is 0 Å². The predicted octanol–water partition coefficient (Wildman–Crippen LogP) is 4.93. The maximum absolute atomic E-state index is 9.50. The fourth-order valence-electron chi connectivity index (χ4n) is 6.95. The molecular formula is C25H26N2. The van der Waals surface area contributed by atoms with Gasteiger partial charge in [0.2, 0.25) is 0 Å². The molecule has 0 radical (unpaired) electrons. The zero-order valence-corrected chi connectivity index (χ0v) is 15.8. The predicted molar refractivity (Wildman–Crippen MR) is 107 cm³/mol. The molecule has 1 spiro atoms. The van der Waals surface area contributed by atoms with Crippen LogP contribution in [-0.2, 0) is 5.41 Å². The smallest absolute Gasteiger partial charge is 0.0991 e. The molecular weight excluding hydrogens is 328 g/mol. The van der Waals surface area contributed by atoms with Crippen molar-refractivity contribution in [2.45, 2.75) is 49.4 Å². The highest BCUT2D eigenvalue weighted by molar-refractivity contribution is 5.60. The molecule has 1 aliphatic heterocycles. The largest absolute Gasteiger partial charge is 0.302 e. The van der Waals surface area contributed by atoms with Gasteiger partial charge in [0, 0.05) is 36.9 Å². The minimum Gasteiger partial charge on any atom is -0.302 e. The average Bonchev–Trinajstić information content (AvgIpc) is 3.41. The molecule has 4 aliphatic rings. The van der Waals surface area contributed by atoms with Gasteiger partial charge in [-0.15, -0.1) is 0 Å². The van der Waals surface area contributed by atoms with Gasteiger partial charge in [0.1, 0.15) is 0 Å². The molecule has 2 bridgehead atoms. The van der Waals surface area contributed by atoms with Gasteiger partial charge in [0.25, 0.3) is 0 Å². The SMILES string of the molecule is N#Cc1ccc2c(c1)C13CC2c2ccccc2C1CN(CC1CCCC1)C3. The van der Waals surface area contributed by atoms with Crippen LogP contribution in [0.4, 0.5) is 0 Å². The van der Waals surface area contributed by atoms with E-state index in [1.165, 1.54) is 62.9 Å². The molecule has 136 valence electrons. The zero-order chi connectivity index (χ0) is 18.0. The molecule has 2 fully saturated rings. The fraction of sp³-hybridized carbons (Fsp3) is 0.480. The van der Waals surface area contributed by atoms with E-state index in [4.69, 9.17) is 0 Å². The van der Waals surface area contributed by atoms with Crippen LogP contribution in [0.2, 0.25) is 0 Å². The lowest BCUT2D eigenvalue weighted by Crippen LogP contribution is -2.35. The molecule has 6 rings (SSSR count). The van der Waals surface area contributed by atoms with Crippen LogP contribution >= 0.6 is 0 Å². The van der Waals surface area contributed by atoms with Gasteiger partial charge in [-0.25, -0.2) is 0 Å². The van der Waals surface area contributed by atoms with Gasteiger partial charge >= 0.3 is 0 Å². The van der Waals surface area contributed by atoms with E-state index < -0.39 is 0 Å². The summed E-state index contributed by atoms with van der Waals surface area (Å²) in [5, 5.41) is 9.50. The summed E-state index contributed by atoms with van der Waals surface area (Å²) in [5.74, 6) is 2.01. The van der Waals surface area contributed by atoms with E-state index in [1.807, 2.05) is 6.07 Å². The lowest BCUT2D eigenvalue weighted by molar-refractivity contribution is 0.260. The van der Waals surface area contributed by atoms with Crippen molar-refractivity contribution in [3.05, 3.63) is 70.3 Å². The maximum Gasteiger partial charge on any atom is 0.0991 e. The van der Waals surface area contributed by atoms with Crippen LogP contribution in [0.1, 0.15) is 71.8 Å². The van der Waals surface area contributed by atoms with Crippen molar-refractivity contribution in [2.24, 2.45) is 5.92 Å². The standard InChI is InChI=1S/C25H26N2/c26-13-18-9-10-21-22-12-25(23(21)11-18)16-27(14-17-5-1-2-6-17)15-24(25)20-8-4-3-7-19(20)22/h3-4,7-11,17,22,24H,1-2,5-6,12,14-16H2. The third kappa shape index (κ3) is 2.15. The van der Waals surface area contributed by atoms with Gasteiger partial charge in [-0.1, -0.05) is 43.2 Å². The Kier molecular flexibility index (Phi) is 3.35. The molecule has 2 heteroatoms. The highest BCUT2D eigenvalue weighted by Crippen LogP contribution is 2.63. The molecule has 27 heavy (non-hydrogen) atoms. The van der Waals surface area contributed by atoms with Gasteiger partial charge < -0.3 is 4.90 Å². The monoisotopic (exact) mass is 354 g/mol. The van der Waals surface area contributed by atoms with Crippen LogP contribution < -0.4 is 0 Å². The van der Waals surface area contributed by atoms with Crippen LogP contribution in [-0.4, -0.2) is 24.5 Å². The zero-order valence-electron chi connectivity index (χ0n) is 15.8. The van der Waals surface area contributed by atoms with E-state index in [-0.39, 0.29) is 5.41 Å². The number of hydrogen-bond donors (Lipinski definition) is 0. The van der Waals surface area contributed by atoms with Crippen molar-refractivity contribution in [1.29, 1.82) is 5.26 Å². The van der Waals surface area contributed by atoms with Gasteiger partial charge in [-0.3, -0.25) is 0 Å². The second-order valence-corrected chi connectivity index (χ2v) is 9.35. The van der Waals surface area contributed by atoms with Gasteiger partial charge in [0.15, 0.2) is 0 Å². The van der Waals surface area contributed by atoms with Gasteiger partial charge in [0.05, 0.1) is 11.6 Å². The summed E-state index contributed by atoms with van der Waals surface area (Å²) in [5.41, 5.74) is 7.16. The molecule has 0 amide bonds. The van der Waals surface area contributed by atoms with Crippen molar-refractivity contribution in [1.82, 2.24) is 4.90 Å². The highest BCUT2D eigenvalue weighted by Gasteiger charge is 2.58. The van der Waals surface area contributed by atoms with E-state index >= 15 is 0 Å². The average molecular weight is 354 g/mol. The third-order valence-electron chi connectivity index (χ3n) is 8.01. The van der Waals surface area contributed by atoms with Crippen molar-refractivity contribution in [3.8, 4) is 6.07 Å². The summed E-state index contributed by atoms with van der Waals surface area (Å²) < 4.78 is 0. The van der Waals surface area contributed by atoms with Crippen molar-refractivity contribution in [3.63, 3.8) is 0 Å². The molecule has 1 saturated carbocycles. The topological polar surface area (TPSA) is 27.0 Å². The number of nitrogens with zero attached hydrogens (tertiary/aromatic N) is 2. The number of nitriles is 1. The molecule has 2 aromatic rings. The number of benzene rings is 2. The summed E-state index contributed by atoms with van der Waals surface area (Å²) in [4.78, 5) is 2.77. The van der Waals surface area contributed by atoms with Crippen LogP contribution in [0.3, 0.4) is 0 Å². The number of hydrogen-bond acceptors (Lipinski definition) is 2. The molecule has 3 atom stereocenters. The maximum atomic E-state index is 9.50. The quantitative estimate of drug-likeness (QED) is 0.764. The minimum atomic E-state index is 0.222. The number of fused-ring (bicyclic) bond motifs is 3. The molecule has 1 saturated heterocycles. The molecule has 2 nitrogen and oxygen atoms in total. The second kappa shape index (κ2) is 5.69. The van der Waals surface area contributed by atoms with E-state index in [1.54, 1.807) is 11.1 Å². The summed E-state index contributed by atoms with van der Waals surface area (Å²) in [6.07, 6.45) is 6.92. The summed E-state index contributed by atoms with van der Waals surface area (Å²) in [7, 11) is 0. The van der Waals surface area contributed by atoms with Crippen LogP contribution in [0.5, 0.6) is 0 Å². The van der Waals surface area contributed by atoms with Gasteiger partial charge in [-0.2, -0.15) is 5.26 Å². The first kappa shape index (κ1) is 15.9. The lowest BCUT2D eigenvalue weighted by atomic mass is 9.65. The molecule has 3 aliphatic carbocycles. The first-order valence-electron chi connectivity index (χ1n) is 10.6. The summed E-state index contributed by atoms with van der Waals surface area (Å²) in [6, 6.07) is 18.1. The van der Waals surface area contributed by atoms with Crippen molar-refractivity contribution in [2.75, 3.05) is 19.6 Å². The molecule has 1 heterocycles. The van der Waals surface area contributed by atoms with E-state index in [2.05, 4.69) is 47.4 Å². The summed E-state index contributed by atoms with van der Waals surface area (Å²) in [6.45, 7) is 3.65. The first-order valence-corrected chi connectivity index (χ1v) is 10.6.